The molecule has 1 aromatic heterocycles. The molecule has 0 spiro atoms. The third-order valence-electron chi connectivity index (χ3n) is 3.09. The molecule has 0 unspecified atom stereocenters. The summed E-state index contributed by atoms with van der Waals surface area (Å²) in [5.41, 5.74) is 4.86. The third-order valence-corrected chi connectivity index (χ3v) is 3.09. The highest BCUT2D eigenvalue weighted by atomic mass is 19.1. The summed E-state index contributed by atoms with van der Waals surface area (Å²) < 4.78 is 13.1. The summed E-state index contributed by atoms with van der Waals surface area (Å²) in [6, 6.07) is 7.47. The minimum Gasteiger partial charge on any atom is -0.322 e. The highest BCUT2D eigenvalue weighted by Gasteiger charge is 2.11. The second-order valence-electron chi connectivity index (χ2n) is 4.64. The second kappa shape index (κ2) is 6.32. The second-order valence-corrected chi connectivity index (χ2v) is 4.64. The van der Waals surface area contributed by atoms with Crippen molar-refractivity contribution in [3.8, 4) is 0 Å². The van der Waals surface area contributed by atoms with Gasteiger partial charge in [0.1, 0.15) is 11.6 Å². The van der Waals surface area contributed by atoms with E-state index in [0.717, 1.165) is 5.69 Å². The molecule has 0 saturated heterocycles. The van der Waals surface area contributed by atoms with Crippen molar-refractivity contribution in [2.75, 3.05) is 10.7 Å². The molecule has 0 saturated carbocycles. The number of anilines is 2. The van der Waals surface area contributed by atoms with Crippen LogP contribution < -0.4 is 16.6 Å². The van der Waals surface area contributed by atoms with E-state index in [0.29, 0.717) is 29.1 Å². The fourth-order valence-corrected chi connectivity index (χ4v) is 1.94. The molecule has 0 aliphatic heterocycles. The maximum Gasteiger partial charge on any atom is 0.255 e. The van der Waals surface area contributed by atoms with Crippen LogP contribution >= 0.6 is 0 Å². The number of nitrogens with zero attached hydrogens (tertiary/aromatic N) is 1. The Hall–Kier alpha value is -2.47. The summed E-state index contributed by atoms with van der Waals surface area (Å²) in [7, 11) is 0. The summed E-state index contributed by atoms with van der Waals surface area (Å²) in [6.45, 7) is 3.67. The molecule has 1 heterocycles. The lowest BCUT2D eigenvalue weighted by atomic mass is 10.1. The van der Waals surface area contributed by atoms with Crippen molar-refractivity contribution >= 4 is 17.4 Å². The zero-order valence-corrected chi connectivity index (χ0v) is 11.9. The van der Waals surface area contributed by atoms with Gasteiger partial charge in [-0.3, -0.25) is 4.79 Å². The molecule has 0 atom stereocenters. The first-order valence-electron chi connectivity index (χ1n) is 6.58. The Labute approximate surface area is 122 Å². The number of nitrogens with one attached hydrogen (secondary N) is 2. The van der Waals surface area contributed by atoms with E-state index in [-0.39, 0.29) is 11.7 Å². The molecule has 0 aliphatic rings. The van der Waals surface area contributed by atoms with E-state index >= 15 is 0 Å². The van der Waals surface area contributed by atoms with Crippen LogP contribution in [0.15, 0.2) is 30.3 Å². The number of hydrogen-bond acceptors (Lipinski definition) is 4. The number of aryl methyl sites for hydroxylation is 2. The number of amides is 1. The smallest absolute Gasteiger partial charge is 0.255 e. The molecule has 2 aromatic rings. The number of nitrogens with two attached hydrogens (primary N) is 1. The molecule has 5 nitrogen and oxygen atoms in total. The zero-order valence-electron chi connectivity index (χ0n) is 11.9. The fourth-order valence-electron chi connectivity index (χ4n) is 1.94. The Balaban J connectivity index is 2.27. The van der Waals surface area contributed by atoms with Crippen molar-refractivity contribution in [2.24, 2.45) is 5.84 Å². The van der Waals surface area contributed by atoms with Crippen LogP contribution in [0.3, 0.4) is 0 Å². The van der Waals surface area contributed by atoms with Gasteiger partial charge in [0, 0.05) is 16.9 Å². The van der Waals surface area contributed by atoms with Crippen molar-refractivity contribution in [2.45, 2.75) is 20.3 Å². The van der Waals surface area contributed by atoms with Crippen LogP contribution in [0.5, 0.6) is 0 Å². The average Bonchev–Trinajstić information content (AvgIpc) is 2.49. The van der Waals surface area contributed by atoms with Gasteiger partial charge in [0.15, 0.2) is 0 Å². The molecule has 2 rings (SSSR count). The molecule has 6 heteroatoms. The van der Waals surface area contributed by atoms with Crippen molar-refractivity contribution in [1.82, 2.24) is 4.98 Å². The van der Waals surface area contributed by atoms with Gasteiger partial charge in [-0.25, -0.2) is 15.2 Å². The number of carbonyl (C=O) groups is 1. The molecule has 21 heavy (non-hydrogen) atoms. The van der Waals surface area contributed by atoms with Gasteiger partial charge in [0.05, 0.1) is 0 Å². The van der Waals surface area contributed by atoms with E-state index < -0.39 is 0 Å². The summed E-state index contributed by atoms with van der Waals surface area (Å²) in [5, 5.41) is 2.75. The first-order chi connectivity index (χ1) is 10.0. The highest BCUT2D eigenvalue weighted by molar-refractivity contribution is 6.05. The number of halogens is 1. The maximum atomic E-state index is 13.1. The Kier molecular flexibility index (Phi) is 4.49. The summed E-state index contributed by atoms with van der Waals surface area (Å²) in [4.78, 5) is 16.5. The number of rotatable bonds is 4. The van der Waals surface area contributed by atoms with Crippen LogP contribution in [-0.2, 0) is 6.42 Å². The molecule has 110 valence electrons. The normalized spacial score (nSPS) is 10.3. The number of pyridine rings is 1. The van der Waals surface area contributed by atoms with Crippen molar-refractivity contribution in [1.29, 1.82) is 0 Å². The largest absolute Gasteiger partial charge is 0.322 e. The van der Waals surface area contributed by atoms with E-state index in [4.69, 9.17) is 5.84 Å². The minimum atomic E-state index is -0.336. The van der Waals surface area contributed by atoms with Crippen molar-refractivity contribution in [3.05, 3.63) is 53.0 Å². The molecule has 0 radical (unpaired) electrons. The van der Waals surface area contributed by atoms with E-state index in [1.165, 1.54) is 18.2 Å². The van der Waals surface area contributed by atoms with Gasteiger partial charge in [0.2, 0.25) is 0 Å². The summed E-state index contributed by atoms with van der Waals surface area (Å²) in [5.74, 6) is 5.15. The lowest BCUT2D eigenvalue weighted by Crippen LogP contribution is -2.16. The number of carbonyl (C=O) groups excluding carboxylic acids is 1. The molecule has 0 bridgehead atoms. The number of nitrogen functional groups attached to an aromatic ring is 1. The first-order valence-corrected chi connectivity index (χ1v) is 6.58. The quantitative estimate of drug-likeness (QED) is 0.597. The van der Waals surface area contributed by atoms with Gasteiger partial charge in [-0.1, -0.05) is 6.92 Å². The molecular weight excluding hydrogens is 271 g/mol. The Morgan fingerprint density at radius 3 is 2.71 bits per heavy atom. The topological polar surface area (TPSA) is 80.0 Å². The highest BCUT2D eigenvalue weighted by Crippen LogP contribution is 2.18. The number of aromatic nitrogens is 1. The molecule has 1 aromatic carbocycles. The molecular formula is C15H17FN4O. The summed E-state index contributed by atoms with van der Waals surface area (Å²) >= 11 is 0. The predicted molar refractivity (Wildman–Crippen MR) is 80.5 cm³/mol. The number of hydrazine groups is 1. The van der Waals surface area contributed by atoms with E-state index in [1.807, 2.05) is 6.92 Å². The van der Waals surface area contributed by atoms with Crippen LogP contribution in [0.4, 0.5) is 15.9 Å². The molecule has 0 fully saturated rings. The minimum absolute atomic E-state index is 0.293. The number of hydrogen-bond donors (Lipinski definition) is 3. The van der Waals surface area contributed by atoms with Crippen LogP contribution in [0, 0.1) is 12.7 Å². The standard InChI is InChI=1S/C15H17FN4O/c1-3-12-7-10(8-14(18-12)20-17)15(21)19-13-5-4-11(16)6-9(13)2/h4-8H,3,17H2,1-2H3,(H,18,20)(H,19,21). The van der Waals surface area contributed by atoms with E-state index in [2.05, 4.69) is 15.7 Å². The molecule has 1 amide bonds. The SMILES string of the molecule is CCc1cc(C(=O)Nc2ccc(F)cc2C)cc(NN)n1. The fraction of sp³-hybridized carbons (Fsp3) is 0.200. The zero-order chi connectivity index (χ0) is 15.4. The first kappa shape index (κ1) is 14.9. The van der Waals surface area contributed by atoms with Gasteiger partial charge in [-0.15, -0.1) is 0 Å². The van der Waals surface area contributed by atoms with Gasteiger partial charge in [-0.2, -0.15) is 0 Å². The Morgan fingerprint density at radius 1 is 1.33 bits per heavy atom. The van der Waals surface area contributed by atoms with Gasteiger partial charge < -0.3 is 10.7 Å². The van der Waals surface area contributed by atoms with Crippen molar-refractivity contribution in [3.63, 3.8) is 0 Å². The average molecular weight is 288 g/mol. The monoisotopic (exact) mass is 288 g/mol. The van der Waals surface area contributed by atoms with Crippen LogP contribution in [0.25, 0.3) is 0 Å². The van der Waals surface area contributed by atoms with E-state index in [9.17, 15) is 9.18 Å². The van der Waals surface area contributed by atoms with Gasteiger partial charge in [-0.05, 0) is 49.2 Å². The number of benzene rings is 1. The van der Waals surface area contributed by atoms with Crippen molar-refractivity contribution < 1.29 is 9.18 Å². The lowest BCUT2D eigenvalue weighted by molar-refractivity contribution is 0.102. The molecule has 0 aliphatic carbocycles. The van der Waals surface area contributed by atoms with Crippen LogP contribution in [-0.4, -0.2) is 10.9 Å². The maximum absolute atomic E-state index is 13.1. The lowest BCUT2D eigenvalue weighted by Gasteiger charge is -2.10. The van der Waals surface area contributed by atoms with E-state index in [1.54, 1.807) is 19.1 Å². The predicted octanol–water partition coefficient (Wildman–Crippen LogP) is 2.63. The Bertz CT molecular complexity index is 650. The Morgan fingerprint density at radius 2 is 2.10 bits per heavy atom. The van der Waals surface area contributed by atoms with Crippen LogP contribution in [0.1, 0.15) is 28.5 Å². The van der Waals surface area contributed by atoms with Crippen LogP contribution in [0.2, 0.25) is 0 Å². The third kappa shape index (κ3) is 3.55. The summed E-state index contributed by atoms with van der Waals surface area (Å²) in [6.07, 6.45) is 0.686. The van der Waals surface area contributed by atoms with Gasteiger partial charge >= 0.3 is 0 Å². The van der Waals surface area contributed by atoms with Gasteiger partial charge in [0.25, 0.3) is 5.91 Å². The molecule has 4 N–H and O–H groups in total.